The first-order valence-corrected chi connectivity index (χ1v) is 3.95. The molecule has 0 saturated heterocycles. The Bertz CT molecular complexity index is 57.2. The Labute approximate surface area is 51.5 Å². The second kappa shape index (κ2) is 4.14. The average molecular weight is 137 g/mol. The van der Waals surface area contributed by atoms with Gasteiger partial charge in [0.15, 0.2) is 0 Å². The molecule has 0 spiro atoms. The van der Waals surface area contributed by atoms with Crippen LogP contribution in [0.1, 0.15) is 0 Å². The quantitative estimate of drug-likeness (QED) is 0.515. The second-order valence-corrected chi connectivity index (χ2v) is 3.04. The lowest BCUT2D eigenvalue weighted by molar-refractivity contribution is 0.0691. The average Bonchev–Trinajstić information content (AvgIpc) is 1.65. The standard InChI is InChI=1S/C4H9O3S/c1-8(7)3-4(6)2-5/h4,6H,2-3H2,1H3. The van der Waals surface area contributed by atoms with Gasteiger partial charge in [-0.15, -0.1) is 0 Å². The normalized spacial score (nSPS) is 18.0. The molecule has 0 bridgehead atoms. The molecule has 0 aromatic carbocycles. The first-order valence-electron chi connectivity index (χ1n) is 2.23. The third-order valence-electron chi connectivity index (χ3n) is 0.619. The molecule has 0 fully saturated rings. The monoisotopic (exact) mass is 137 g/mol. The van der Waals surface area contributed by atoms with Crippen molar-refractivity contribution in [3.05, 3.63) is 0 Å². The minimum atomic E-state index is -1.05. The highest BCUT2D eigenvalue weighted by molar-refractivity contribution is 7.90. The van der Waals surface area contributed by atoms with Crippen LogP contribution in [0.3, 0.4) is 0 Å². The van der Waals surface area contributed by atoms with Crippen molar-refractivity contribution in [1.29, 1.82) is 0 Å². The molecular weight excluding hydrogens is 128 g/mol. The fraction of sp³-hybridized carbons (Fsp3) is 1.00. The van der Waals surface area contributed by atoms with Gasteiger partial charge in [-0.1, -0.05) is 11.2 Å². The molecule has 3 nitrogen and oxygen atoms in total. The Kier molecular flexibility index (Phi) is 4.26. The number of rotatable bonds is 3. The van der Waals surface area contributed by atoms with Gasteiger partial charge in [0, 0.05) is 0 Å². The number of aliphatic hydroxyl groups excluding tert-OH is 1. The molecule has 0 heterocycles. The highest BCUT2D eigenvalue weighted by Gasteiger charge is 2.07. The van der Waals surface area contributed by atoms with Gasteiger partial charge in [-0.3, -0.25) is 0 Å². The van der Waals surface area contributed by atoms with Crippen molar-refractivity contribution in [3.8, 4) is 0 Å². The van der Waals surface area contributed by atoms with Gasteiger partial charge in [0.1, 0.15) is 18.5 Å². The molecule has 0 amide bonds. The highest BCUT2D eigenvalue weighted by atomic mass is 32.2. The number of hydrogen-bond acceptors (Lipinski definition) is 2. The van der Waals surface area contributed by atoms with E-state index in [-0.39, 0.29) is 5.75 Å². The molecule has 8 heavy (non-hydrogen) atoms. The van der Waals surface area contributed by atoms with Crippen LogP contribution >= 0.6 is 0 Å². The van der Waals surface area contributed by atoms with Gasteiger partial charge >= 0.3 is 0 Å². The maximum atomic E-state index is 10.2. The maximum absolute atomic E-state index is 10.2. The van der Waals surface area contributed by atoms with E-state index in [1.54, 1.807) is 0 Å². The summed E-state index contributed by atoms with van der Waals surface area (Å²) in [7, 11) is 0. The summed E-state index contributed by atoms with van der Waals surface area (Å²) in [6, 6.07) is 0. The fourth-order valence-electron chi connectivity index (χ4n) is 0.319. The van der Waals surface area contributed by atoms with Crippen molar-refractivity contribution in [2.24, 2.45) is 0 Å². The van der Waals surface area contributed by atoms with Gasteiger partial charge < -0.3 is 9.66 Å². The lowest BCUT2D eigenvalue weighted by Gasteiger charge is -2.06. The van der Waals surface area contributed by atoms with Gasteiger partial charge in [-0.05, 0) is 0 Å². The van der Waals surface area contributed by atoms with E-state index in [9.17, 15) is 9.66 Å². The summed E-state index contributed by atoms with van der Waals surface area (Å²) in [5.74, 6) is 0.101. The Morgan fingerprint density at radius 2 is 2.38 bits per heavy atom. The summed E-state index contributed by atoms with van der Waals surface area (Å²) in [6.07, 6.45) is 0.527. The molecule has 1 radical (unpaired) electrons. The third kappa shape index (κ3) is 4.39. The smallest absolute Gasteiger partial charge is 0.133 e. The largest absolute Gasteiger partial charge is 0.616 e. The SMILES string of the molecule is C[S+]([O-])CC(O)C[O]. The van der Waals surface area contributed by atoms with E-state index in [0.717, 1.165) is 0 Å². The minimum absolute atomic E-state index is 0.101. The lowest BCUT2D eigenvalue weighted by atomic mass is 10.4. The predicted molar refractivity (Wildman–Crippen MR) is 30.5 cm³/mol. The van der Waals surface area contributed by atoms with Crippen molar-refractivity contribution in [2.75, 3.05) is 18.6 Å². The van der Waals surface area contributed by atoms with E-state index < -0.39 is 23.9 Å². The van der Waals surface area contributed by atoms with Crippen LogP contribution in [0.25, 0.3) is 0 Å². The zero-order valence-electron chi connectivity index (χ0n) is 4.66. The van der Waals surface area contributed by atoms with E-state index in [1.165, 1.54) is 6.26 Å². The fourth-order valence-corrected chi connectivity index (χ4v) is 0.957. The third-order valence-corrected chi connectivity index (χ3v) is 1.47. The molecule has 2 unspecified atom stereocenters. The van der Waals surface area contributed by atoms with Crippen LogP contribution in [0, 0.1) is 0 Å². The van der Waals surface area contributed by atoms with E-state index in [2.05, 4.69) is 0 Å². The van der Waals surface area contributed by atoms with Gasteiger partial charge in [-0.2, -0.15) is 0 Å². The molecule has 49 valence electrons. The molecule has 0 saturated carbocycles. The van der Waals surface area contributed by atoms with Crippen LogP contribution in [-0.4, -0.2) is 34.4 Å². The van der Waals surface area contributed by atoms with Crippen molar-refractivity contribution in [1.82, 2.24) is 0 Å². The maximum Gasteiger partial charge on any atom is 0.133 e. The molecule has 0 rings (SSSR count). The zero-order chi connectivity index (χ0) is 6.57. The van der Waals surface area contributed by atoms with Crippen LogP contribution in [0.5, 0.6) is 0 Å². The summed E-state index contributed by atoms with van der Waals surface area (Å²) in [5.41, 5.74) is 0. The van der Waals surface area contributed by atoms with Crippen molar-refractivity contribution in [3.63, 3.8) is 0 Å². The molecule has 0 aliphatic carbocycles. The Morgan fingerprint density at radius 3 is 2.50 bits per heavy atom. The summed E-state index contributed by atoms with van der Waals surface area (Å²) >= 11 is -1.05. The predicted octanol–water partition coefficient (Wildman–Crippen LogP) is -0.844. The lowest BCUT2D eigenvalue weighted by Crippen LogP contribution is -2.22. The molecule has 0 aliphatic rings. The van der Waals surface area contributed by atoms with E-state index in [0.29, 0.717) is 0 Å². The van der Waals surface area contributed by atoms with Crippen LogP contribution in [0.4, 0.5) is 0 Å². The first-order chi connectivity index (χ1) is 3.66. The van der Waals surface area contributed by atoms with Crippen molar-refractivity contribution < 1.29 is 14.8 Å². The van der Waals surface area contributed by atoms with E-state index in [4.69, 9.17) is 5.11 Å². The molecular formula is C4H9O3S. The summed E-state index contributed by atoms with van der Waals surface area (Å²) < 4.78 is 10.2. The molecule has 2 atom stereocenters. The topological polar surface area (TPSA) is 63.2 Å². The van der Waals surface area contributed by atoms with Crippen molar-refractivity contribution >= 4 is 11.2 Å². The number of hydrogen-bond donors (Lipinski definition) is 1. The minimum Gasteiger partial charge on any atom is -0.616 e. The zero-order valence-corrected chi connectivity index (χ0v) is 5.48. The van der Waals surface area contributed by atoms with Crippen LogP contribution in [0.2, 0.25) is 0 Å². The Morgan fingerprint density at radius 1 is 1.88 bits per heavy atom. The Balaban J connectivity index is 3.10. The van der Waals surface area contributed by atoms with Gasteiger partial charge in [0.2, 0.25) is 0 Å². The van der Waals surface area contributed by atoms with E-state index >= 15 is 0 Å². The van der Waals surface area contributed by atoms with Crippen LogP contribution in [0.15, 0.2) is 0 Å². The van der Waals surface area contributed by atoms with E-state index in [1.807, 2.05) is 0 Å². The molecule has 0 aromatic rings. The van der Waals surface area contributed by atoms with Gasteiger partial charge in [0.05, 0.1) is 6.26 Å². The summed E-state index contributed by atoms with van der Waals surface area (Å²) in [4.78, 5) is 0. The molecule has 0 aliphatic heterocycles. The van der Waals surface area contributed by atoms with Gasteiger partial charge in [-0.25, -0.2) is 5.11 Å². The highest BCUT2D eigenvalue weighted by Crippen LogP contribution is 1.88. The first kappa shape index (κ1) is 8.23. The van der Waals surface area contributed by atoms with Crippen LogP contribution < -0.4 is 0 Å². The molecule has 4 heteroatoms. The molecule has 1 N–H and O–H groups in total. The van der Waals surface area contributed by atoms with Crippen molar-refractivity contribution in [2.45, 2.75) is 6.10 Å². The number of aliphatic hydroxyl groups is 1. The van der Waals surface area contributed by atoms with Crippen LogP contribution in [-0.2, 0) is 16.3 Å². The molecule has 0 aromatic heterocycles. The second-order valence-electron chi connectivity index (χ2n) is 1.56. The Hall–Kier alpha value is 0.230. The summed E-state index contributed by atoms with van der Waals surface area (Å²) in [6.45, 7) is -0.556. The summed E-state index contributed by atoms with van der Waals surface area (Å²) in [5, 5.41) is 18.3. The van der Waals surface area contributed by atoms with Gasteiger partial charge in [0.25, 0.3) is 0 Å².